The van der Waals surface area contributed by atoms with Gasteiger partial charge in [0.1, 0.15) is 5.76 Å². The fourth-order valence-electron chi connectivity index (χ4n) is 3.68. The molecule has 6 nitrogen and oxygen atoms in total. The van der Waals surface area contributed by atoms with Gasteiger partial charge in [0.05, 0.1) is 25.0 Å². The molecule has 2 aliphatic heterocycles. The maximum absolute atomic E-state index is 12.6. The summed E-state index contributed by atoms with van der Waals surface area (Å²) in [6.45, 7) is 9.50. The molecule has 1 N–H and O–H groups in total. The molecule has 0 aliphatic carbocycles. The molecule has 3 rings (SSSR count). The molecule has 0 spiro atoms. The van der Waals surface area contributed by atoms with Crippen LogP contribution in [0.5, 0.6) is 0 Å². The van der Waals surface area contributed by atoms with Crippen LogP contribution in [-0.2, 0) is 4.74 Å². The highest BCUT2D eigenvalue weighted by Gasteiger charge is 2.32. The van der Waals surface area contributed by atoms with Crippen LogP contribution in [0, 0.1) is 5.92 Å². The summed E-state index contributed by atoms with van der Waals surface area (Å²) < 4.78 is 11.3. The van der Waals surface area contributed by atoms with Crippen LogP contribution in [0.25, 0.3) is 0 Å². The van der Waals surface area contributed by atoms with Crippen LogP contribution in [0.1, 0.15) is 38.5 Å². The van der Waals surface area contributed by atoms with E-state index in [2.05, 4.69) is 24.1 Å². The number of hydrogen-bond acceptors (Lipinski definition) is 4. The molecule has 0 bridgehead atoms. The summed E-state index contributed by atoms with van der Waals surface area (Å²) in [6, 6.07) is 3.87. The first-order chi connectivity index (χ1) is 11.6. The third kappa shape index (κ3) is 4.30. The number of nitrogens with one attached hydrogen (secondary N) is 1. The highest BCUT2D eigenvalue weighted by Crippen LogP contribution is 2.31. The fraction of sp³-hybridized carbons (Fsp3) is 0.722. The minimum absolute atomic E-state index is 0.0153. The zero-order valence-corrected chi connectivity index (χ0v) is 14.7. The first-order valence-electron chi connectivity index (χ1n) is 9.05. The number of carbonyl (C=O) groups excluding carboxylic acids is 1. The van der Waals surface area contributed by atoms with Crippen molar-refractivity contribution in [2.75, 3.05) is 39.3 Å². The third-order valence-electron chi connectivity index (χ3n) is 4.71. The predicted octanol–water partition coefficient (Wildman–Crippen LogP) is 2.48. The van der Waals surface area contributed by atoms with Gasteiger partial charge in [-0.25, -0.2) is 4.79 Å². The average Bonchev–Trinajstić information content (AvgIpc) is 3.22. The Bertz CT molecular complexity index is 518. The Hall–Kier alpha value is -1.53. The van der Waals surface area contributed by atoms with Gasteiger partial charge in [0.15, 0.2) is 0 Å². The van der Waals surface area contributed by atoms with Crippen molar-refractivity contribution in [3.05, 3.63) is 24.2 Å². The smallest absolute Gasteiger partial charge is 0.318 e. The predicted molar refractivity (Wildman–Crippen MR) is 91.8 cm³/mol. The second kappa shape index (κ2) is 8.03. The minimum atomic E-state index is -0.0153. The molecular formula is C18H29N3O3. The van der Waals surface area contributed by atoms with Gasteiger partial charge in [-0.1, -0.05) is 13.8 Å². The quantitative estimate of drug-likeness (QED) is 0.898. The topological polar surface area (TPSA) is 58.0 Å². The first-order valence-corrected chi connectivity index (χ1v) is 9.05. The van der Waals surface area contributed by atoms with E-state index >= 15 is 0 Å². The summed E-state index contributed by atoms with van der Waals surface area (Å²) in [5, 5.41) is 3.05. The molecule has 1 aromatic rings. The molecule has 0 aromatic carbocycles. The SMILES string of the molecule is CC(C)CN1CCO[C@@H](CNC(=O)N2CCC[C@@H]2c2ccco2)C1. The van der Waals surface area contributed by atoms with Gasteiger partial charge in [0, 0.05) is 32.7 Å². The monoisotopic (exact) mass is 335 g/mol. The minimum Gasteiger partial charge on any atom is -0.467 e. The van der Waals surface area contributed by atoms with E-state index in [1.807, 2.05) is 17.0 Å². The van der Waals surface area contributed by atoms with E-state index in [4.69, 9.17) is 9.15 Å². The van der Waals surface area contributed by atoms with Crippen LogP contribution in [0.3, 0.4) is 0 Å². The van der Waals surface area contributed by atoms with Crippen LogP contribution in [0.4, 0.5) is 4.79 Å². The van der Waals surface area contributed by atoms with E-state index in [9.17, 15) is 4.79 Å². The number of urea groups is 1. The van der Waals surface area contributed by atoms with Crippen molar-refractivity contribution < 1.29 is 13.9 Å². The molecule has 0 radical (unpaired) electrons. The van der Waals surface area contributed by atoms with Crippen LogP contribution in [0.15, 0.2) is 22.8 Å². The number of rotatable bonds is 5. The molecule has 2 atom stereocenters. The average molecular weight is 335 g/mol. The number of amides is 2. The van der Waals surface area contributed by atoms with Gasteiger partial charge in [-0.3, -0.25) is 4.90 Å². The molecular weight excluding hydrogens is 306 g/mol. The summed E-state index contributed by atoms with van der Waals surface area (Å²) in [4.78, 5) is 16.9. The Kier molecular flexibility index (Phi) is 5.79. The van der Waals surface area contributed by atoms with Gasteiger partial charge in [-0.15, -0.1) is 0 Å². The van der Waals surface area contributed by atoms with Crippen LogP contribution in [0.2, 0.25) is 0 Å². The van der Waals surface area contributed by atoms with Gasteiger partial charge < -0.3 is 19.4 Å². The van der Waals surface area contributed by atoms with E-state index < -0.39 is 0 Å². The van der Waals surface area contributed by atoms with Gasteiger partial charge in [0.2, 0.25) is 0 Å². The van der Waals surface area contributed by atoms with Gasteiger partial charge in [0.25, 0.3) is 0 Å². The Morgan fingerprint density at radius 3 is 3.04 bits per heavy atom. The molecule has 134 valence electrons. The zero-order valence-electron chi connectivity index (χ0n) is 14.7. The maximum Gasteiger partial charge on any atom is 0.318 e. The molecule has 2 amide bonds. The Balaban J connectivity index is 1.48. The molecule has 2 saturated heterocycles. The fourth-order valence-corrected chi connectivity index (χ4v) is 3.68. The Morgan fingerprint density at radius 2 is 2.29 bits per heavy atom. The van der Waals surface area contributed by atoms with Crippen molar-refractivity contribution in [3.63, 3.8) is 0 Å². The highest BCUT2D eigenvalue weighted by atomic mass is 16.5. The lowest BCUT2D eigenvalue weighted by atomic mass is 10.1. The van der Waals surface area contributed by atoms with E-state index in [-0.39, 0.29) is 18.2 Å². The number of ether oxygens (including phenoxy) is 1. The lowest BCUT2D eigenvalue weighted by Crippen LogP contribution is -2.50. The van der Waals surface area contributed by atoms with Crippen molar-refractivity contribution in [3.8, 4) is 0 Å². The van der Waals surface area contributed by atoms with Crippen molar-refractivity contribution in [1.29, 1.82) is 0 Å². The summed E-state index contributed by atoms with van der Waals surface area (Å²) in [7, 11) is 0. The Labute approximate surface area is 144 Å². The molecule has 1 aromatic heterocycles. The lowest BCUT2D eigenvalue weighted by Gasteiger charge is -2.34. The number of carbonyl (C=O) groups is 1. The number of furan rings is 1. The first kappa shape index (κ1) is 17.3. The molecule has 2 aliphatic rings. The second-order valence-corrected chi connectivity index (χ2v) is 7.20. The van der Waals surface area contributed by atoms with Crippen molar-refractivity contribution in [2.24, 2.45) is 5.92 Å². The van der Waals surface area contributed by atoms with Gasteiger partial charge in [-0.05, 0) is 30.9 Å². The van der Waals surface area contributed by atoms with Crippen LogP contribution < -0.4 is 5.32 Å². The molecule has 0 unspecified atom stereocenters. The number of likely N-dealkylation sites (tertiary alicyclic amines) is 1. The lowest BCUT2D eigenvalue weighted by molar-refractivity contribution is -0.0294. The van der Waals surface area contributed by atoms with Crippen LogP contribution >= 0.6 is 0 Å². The summed E-state index contributed by atoms with van der Waals surface area (Å²) >= 11 is 0. The summed E-state index contributed by atoms with van der Waals surface area (Å²) in [5.41, 5.74) is 0. The molecule has 24 heavy (non-hydrogen) atoms. The van der Waals surface area contributed by atoms with E-state index in [0.29, 0.717) is 12.5 Å². The number of hydrogen-bond donors (Lipinski definition) is 1. The van der Waals surface area contributed by atoms with Crippen molar-refractivity contribution in [1.82, 2.24) is 15.1 Å². The van der Waals surface area contributed by atoms with Gasteiger partial charge >= 0.3 is 6.03 Å². The molecule has 0 saturated carbocycles. The largest absolute Gasteiger partial charge is 0.467 e. The van der Waals surface area contributed by atoms with E-state index in [1.54, 1.807) is 6.26 Å². The maximum atomic E-state index is 12.6. The van der Waals surface area contributed by atoms with E-state index in [0.717, 1.165) is 51.4 Å². The zero-order chi connectivity index (χ0) is 16.9. The van der Waals surface area contributed by atoms with Crippen molar-refractivity contribution in [2.45, 2.75) is 38.8 Å². The molecule has 6 heteroatoms. The van der Waals surface area contributed by atoms with Crippen LogP contribution in [-0.4, -0.2) is 61.3 Å². The Morgan fingerprint density at radius 1 is 1.42 bits per heavy atom. The van der Waals surface area contributed by atoms with Crippen molar-refractivity contribution >= 4 is 6.03 Å². The molecule has 2 fully saturated rings. The summed E-state index contributed by atoms with van der Waals surface area (Å²) in [6.07, 6.45) is 3.72. The number of nitrogens with zero attached hydrogens (tertiary/aromatic N) is 2. The third-order valence-corrected chi connectivity index (χ3v) is 4.71. The number of morpholine rings is 1. The van der Waals surface area contributed by atoms with Gasteiger partial charge in [-0.2, -0.15) is 0 Å². The normalized spacial score (nSPS) is 25.4. The molecule has 3 heterocycles. The standard InChI is InChI=1S/C18H29N3O3/c1-14(2)12-20-8-10-23-15(13-20)11-19-18(22)21-7-3-5-16(21)17-6-4-9-24-17/h4,6,9,14-16H,3,5,7-8,10-13H2,1-2H3,(H,19,22)/t15-,16+/m0/s1. The summed E-state index contributed by atoms with van der Waals surface area (Å²) in [5.74, 6) is 1.52. The highest BCUT2D eigenvalue weighted by molar-refractivity contribution is 5.75. The second-order valence-electron chi connectivity index (χ2n) is 7.20. The van der Waals surface area contributed by atoms with E-state index in [1.165, 1.54) is 0 Å².